The summed E-state index contributed by atoms with van der Waals surface area (Å²) in [6.07, 6.45) is 0.795. The summed E-state index contributed by atoms with van der Waals surface area (Å²) in [4.78, 5) is 31.5. The third-order valence-corrected chi connectivity index (χ3v) is 5.56. The molecule has 0 spiro atoms. The average molecular weight is 451 g/mol. The quantitative estimate of drug-likeness (QED) is 0.328. The molecule has 0 aliphatic heterocycles. The van der Waals surface area contributed by atoms with Gasteiger partial charge >= 0.3 is 0 Å². The van der Waals surface area contributed by atoms with Crippen LogP contribution in [-0.2, 0) is 12.8 Å². The van der Waals surface area contributed by atoms with E-state index in [2.05, 4.69) is 0 Å². The van der Waals surface area contributed by atoms with Gasteiger partial charge in [0.25, 0.3) is 17.1 Å². The van der Waals surface area contributed by atoms with E-state index in [0.717, 1.165) is 22.3 Å². The molecule has 172 valence electrons. The van der Waals surface area contributed by atoms with Crippen LogP contribution in [0.4, 0.5) is 17.1 Å². The lowest BCUT2D eigenvalue weighted by Gasteiger charge is -2.09. The Morgan fingerprint density at radius 2 is 0.879 bits per heavy atom. The van der Waals surface area contributed by atoms with Gasteiger partial charge in [0, 0.05) is 34.9 Å². The van der Waals surface area contributed by atoms with E-state index in [1.165, 1.54) is 18.2 Å². The van der Waals surface area contributed by atoms with Crippen molar-refractivity contribution >= 4 is 17.1 Å². The van der Waals surface area contributed by atoms with Gasteiger partial charge in [-0.15, -0.1) is 0 Å². The molecule has 0 bridgehead atoms. The minimum Gasteiger partial charge on any atom is -0.258 e. The molecule has 0 fully saturated rings. The van der Waals surface area contributed by atoms with Crippen molar-refractivity contribution in [2.24, 2.45) is 0 Å². The Labute approximate surface area is 191 Å². The van der Waals surface area contributed by atoms with Gasteiger partial charge in [0.1, 0.15) is 0 Å². The first-order chi connectivity index (χ1) is 15.5. The van der Waals surface area contributed by atoms with Crippen molar-refractivity contribution in [1.29, 1.82) is 0 Å². The minimum atomic E-state index is -0.408. The van der Waals surface area contributed by atoms with Gasteiger partial charge in [-0.05, 0) is 57.2 Å². The average Bonchev–Trinajstić information content (AvgIpc) is 2.75. The standard InChI is InChI=1S/C16H16N2O4.C8H9NO2/c1-11-5-3-7-15(17(19)20)13(11)9-10-14-12(2)6-4-8-16(14)18(21)22;1-6-4-3-5-8(7(6)2)9(10)11/h3-8H,9-10H2,1-2H3;3-5H,1-2H3. The molecule has 0 saturated heterocycles. The van der Waals surface area contributed by atoms with Crippen LogP contribution in [-0.4, -0.2) is 14.8 Å². The van der Waals surface area contributed by atoms with E-state index in [9.17, 15) is 30.3 Å². The van der Waals surface area contributed by atoms with Crippen molar-refractivity contribution in [2.75, 3.05) is 0 Å². The number of rotatable bonds is 6. The molecule has 9 nitrogen and oxygen atoms in total. The minimum absolute atomic E-state index is 0.0660. The molecule has 0 N–H and O–H groups in total. The Bertz CT molecular complexity index is 1140. The van der Waals surface area contributed by atoms with Crippen LogP contribution in [0.15, 0.2) is 54.6 Å². The Morgan fingerprint density at radius 3 is 1.21 bits per heavy atom. The van der Waals surface area contributed by atoms with Crippen LogP contribution in [0.25, 0.3) is 0 Å². The number of nitrogens with zero attached hydrogens (tertiary/aromatic N) is 3. The van der Waals surface area contributed by atoms with Gasteiger partial charge in [-0.2, -0.15) is 0 Å². The zero-order chi connectivity index (χ0) is 24.7. The molecule has 0 heterocycles. The maximum Gasteiger partial charge on any atom is 0.272 e. The third kappa shape index (κ3) is 6.19. The van der Waals surface area contributed by atoms with E-state index in [0.29, 0.717) is 24.0 Å². The van der Waals surface area contributed by atoms with E-state index < -0.39 is 9.85 Å². The summed E-state index contributed by atoms with van der Waals surface area (Å²) in [6.45, 7) is 7.25. The third-order valence-electron chi connectivity index (χ3n) is 5.56. The molecule has 0 unspecified atom stereocenters. The van der Waals surface area contributed by atoms with E-state index in [1.54, 1.807) is 25.1 Å². The molecule has 0 amide bonds. The number of nitro benzene ring substituents is 3. The van der Waals surface area contributed by atoms with Gasteiger partial charge in [0.2, 0.25) is 0 Å². The Kier molecular flexibility index (Phi) is 8.33. The zero-order valence-corrected chi connectivity index (χ0v) is 18.9. The normalized spacial score (nSPS) is 10.2. The Balaban J connectivity index is 0.000000294. The lowest BCUT2D eigenvalue weighted by Crippen LogP contribution is -2.03. The molecule has 3 rings (SSSR count). The van der Waals surface area contributed by atoms with E-state index in [1.807, 2.05) is 39.0 Å². The number of aryl methyl sites for hydroxylation is 3. The largest absolute Gasteiger partial charge is 0.272 e. The molecular weight excluding hydrogens is 426 g/mol. The van der Waals surface area contributed by atoms with E-state index in [4.69, 9.17) is 0 Å². The summed E-state index contributed by atoms with van der Waals surface area (Å²) >= 11 is 0. The van der Waals surface area contributed by atoms with Gasteiger partial charge in [-0.1, -0.05) is 36.4 Å². The van der Waals surface area contributed by atoms with Crippen LogP contribution < -0.4 is 0 Å². The zero-order valence-electron chi connectivity index (χ0n) is 18.9. The van der Waals surface area contributed by atoms with Crippen LogP contribution in [0.3, 0.4) is 0 Å². The van der Waals surface area contributed by atoms with Crippen LogP contribution in [0.1, 0.15) is 33.4 Å². The fourth-order valence-electron chi connectivity index (χ4n) is 3.55. The maximum atomic E-state index is 11.1. The SMILES string of the molecule is Cc1cccc([N+](=O)[O-])c1C.Cc1cccc([N+](=O)[O-])c1CCc1c(C)cccc1[N+](=O)[O-]. The van der Waals surface area contributed by atoms with Crippen LogP contribution in [0.2, 0.25) is 0 Å². The molecule has 0 saturated carbocycles. The summed E-state index contributed by atoms with van der Waals surface area (Å²) in [5.74, 6) is 0. The number of hydrogen-bond donors (Lipinski definition) is 0. The van der Waals surface area contributed by atoms with Crippen molar-refractivity contribution in [3.8, 4) is 0 Å². The molecule has 0 aliphatic rings. The molecule has 0 aromatic heterocycles. The molecule has 0 atom stereocenters. The van der Waals surface area contributed by atoms with Gasteiger partial charge in [0.05, 0.1) is 14.8 Å². The smallest absolute Gasteiger partial charge is 0.258 e. The molecule has 0 aliphatic carbocycles. The lowest BCUT2D eigenvalue weighted by atomic mass is 9.96. The second kappa shape index (κ2) is 10.9. The molecule has 3 aromatic carbocycles. The van der Waals surface area contributed by atoms with Crippen molar-refractivity contribution in [3.05, 3.63) is 118 Å². The fraction of sp³-hybridized carbons (Fsp3) is 0.250. The lowest BCUT2D eigenvalue weighted by molar-refractivity contribution is -0.386. The van der Waals surface area contributed by atoms with Crippen LogP contribution in [0, 0.1) is 58.0 Å². The van der Waals surface area contributed by atoms with E-state index in [-0.39, 0.29) is 22.0 Å². The monoisotopic (exact) mass is 451 g/mol. The van der Waals surface area contributed by atoms with E-state index >= 15 is 0 Å². The summed E-state index contributed by atoms with van der Waals surface area (Å²) < 4.78 is 0. The first-order valence-corrected chi connectivity index (χ1v) is 10.2. The van der Waals surface area contributed by atoms with Gasteiger partial charge in [0.15, 0.2) is 0 Å². The predicted octanol–water partition coefficient (Wildman–Crippen LogP) is 6.12. The van der Waals surface area contributed by atoms with Crippen LogP contribution >= 0.6 is 0 Å². The highest BCUT2D eigenvalue weighted by Crippen LogP contribution is 2.27. The first-order valence-electron chi connectivity index (χ1n) is 10.2. The van der Waals surface area contributed by atoms with Crippen LogP contribution in [0.5, 0.6) is 0 Å². The topological polar surface area (TPSA) is 129 Å². The number of hydrogen-bond acceptors (Lipinski definition) is 6. The predicted molar refractivity (Wildman–Crippen MR) is 126 cm³/mol. The molecule has 9 heteroatoms. The number of benzene rings is 3. The molecule has 33 heavy (non-hydrogen) atoms. The molecular formula is C24H25N3O6. The number of nitro groups is 3. The van der Waals surface area contributed by atoms with Gasteiger partial charge < -0.3 is 0 Å². The maximum absolute atomic E-state index is 11.1. The first kappa shape index (κ1) is 25.1. The second-order valence-electron chi connectivity index (χ2n) is 7.64. The second-order valence-corrected chi connectivity index (χ2v) is 7.64. The van der Waals surface area contributed by atoms with Crippen molar-refractivity contribution < 1.29 is 14.8 Å². The van der Waals surface area contributed by atoms with Crippen molar-refractivity contribution in [3.63, 3.8) is 0 Å². The molecule has 0 radical (unpaired) electrons. The fourth-order valence-corrected chi connectivity index (χ4v) is 3.55. The van der Waals surface area contributed by atoms with Crippen molar-refractivity contribution in [2.45, 2.75) is 40.5 Å². The highest BCUT2D eigenvalue weighted by Gasteiger charge is 2.19. The van der Waals surface area contributed by atoms with Gasteiger partial charge in [-0.3, -0.25) is 30.3 Å². The molecule has 3 aromatic rings. The van der Waals surface area contributed by atoms with Crippen molar-refractivity contribution in [1.82, 2.24) is 0 Å². The summed E-state index contributed by atoms with van der Waals surface area (Å²) in [7, 11) is 0. The summed E-state index contributed by atoms with van der Waals surface area (Å²) in [5, 5.41) is 32.6. The highest BCUT2D eigenvalue weighted by molar-refractivity contribution is 5.49. The van der Waals surface area contributed by atoms with Gasteiger partial charge in [-0.25, -0.2) is 0 Å². The summed E-state index contributed by atoms with van der Waals surface area (Å²) in [6, 6.07) is 14.9. The Morgan fingerprint density at radius 1 is 0.545 bits per heavy atom. The summed E-state index contributed by atoms with van der Waals surface area (Å²) in [5.41, 5.74) is 4.94. The Hall–Kier alpha value is -4.14. The highest BCUT2D eigenvalue weighted by atomic mass is 16.6.